The standard InChI is InChI=1S/C22H24/c1-14-8-10-17(11-9-14)22-19-7-5-4-6-18(19)13-20-16(3)15(2)12-21(20)22/h8-13,16H,4-7H2,1-3H3. The van der Waals surface area contributed by atoms with Gasteiger partial charge in [-0.05, 0) is 72.9 Å². The summed E-state index contributed by atoms with van der Waals surface area (Å²) < 4.78 is 0. The van der Waals surface area contributed by atoms with Crippen LogP contribution >= 0.6 is 0 Å². The third kappa shape index (κ3) is 2.05. The van der Waals surface area contributed by atoms with Crippen molar-refractivity contribution in [1.29, 1.82) is 0 Å². The van der Waals surface area contributed by atoms with Gasteiger partial charge in [0.15, 0.2) is 0 Å². The second kappa shape index (κ2) is 5.12. The maximum absolute atomic E-state index is 2.51. The van der Waals surface area contributed by atoms with Gasteiger partial charge in [-0.1, -0.05) is 54.5 Å². The van der Waals surface area contributed by atoms with Gasteiger partial charge in [0, 0.05) is 5.92 Å². The van der Waals surface area contributed by atoms with E-state index in [9.17, 15) is 0 Å². The lowest BCUT2D eigenvalue weighted by Gasteiger charge is -2.24. The van der Waals surface area contributed by atoms with E-state index in [0.29, 0.717) is 5.92 Å². The van der Waals surface area contributed by atoms with Gasteiger partial charge in [0.05, 0.1) is 0 Å². The maximum atomic E-state index is 2.51. The summed E-state index contributed by atoms with van der Waals surface area (Å²) in [7, 11) is 0. The van der Waals surface area contributed by atoms with Crippen molar-refractivity contribution in [2.75, 3.05) is 0 Å². The molecule has 2 aliphatic carbocycles. The second-order valence-electron chi connectivity index (χ2n) is 7.08. The zero-order chi connectivity index (χ0) is 15.3. The molecule has 0 N–H and O–H groups in total. The number of aryl methyl sites for hydroxylation is 2. The van der Waals surface area contributed by atoms with Crippen LogP contribution in [0.5, 0.6) is 0 Å². The first-order valence-electron chi connectivity index (χ1n) is 8.59. The Kier molecular flexibility index (Phi) is 3.22. The van der Waals surface area contributed by atoms with E-state index in [2.05, 4.69) is 57.2 Å². The van der Waals surface area contributed by atoms with Crippen LogP contribution in [0.1, 0.15) is 60.4 Å². The number of allylic oxidation sites excluding steroid dienone is 1. The molecule has 4 rings (SSSR count). The van der Waals surface area contributed by atoms with Crippen LogP contribution in [0.3, 0.4) is 0 Å². The Hall–Kier alpha value is -1.82. The lowest BCUT2D eigenvalue weighted by Crippen LogP contribution is -2.08. The van der Waals surface area contributed by atoms with E-state index in [1.165, 1.54) is 53.5 Å². The van der Waals surface area contributed by atoms with Gasteiger partial charge in [0.1, 0.15) is 0 Å². The molecule has 2 aliphatic rings. The van der Waals surface area contributed by atoms with E-state index in [4.69, 9.17) is 0 Å². The minimum absolute atomic E-state index is 0.575. The van der Waals surface area contributed by atoms with E-state index in [-0.39, 0.29) is 0 Å². The normalized spacial score (nSPS) is 19.6. The number of rotatable bonds is 1. The summed E-state index contributed by atoms with van der Waals surface area (Å²) in [4.78, 5) is 0. The zero-order valence-electron chi connectivity index (χ0n) is 13.9. The molecule has 112 valence electrons. The van der Waals surface area contributed by atoms with Gasteiger partial charge in [-0.15, -0.1) is 0 Å². The summed E-state index contributed by atoms with van der Waals surface area (Å²) in [5, 5.41) is 0. The summed E-state index contributed by atoms with van der Waals surface area (Å²) in [6.45, 7) is 6.80. The maximum Gasteiger partial charge on any atom is 0.00266 e. The van der Waals surface area contributed by atoms with Crippen LogP contribution < -0.4 is 0 Å². The van der Waals surface area contributed by atoms with Crippen molar-refractivity contribution in [3.05, 3.63) is 63.7 Å². The van der Waals surface area contributed by atoms with Crippen LogP contribution in [-0.4, -0.2) is 0 Å². The summed E-state index contributed by atoms with van der Waals surface area (Å²) in [6.07, 6.45) is 7.62. The van der Waals surface area contributed by atoms with Gasteiger partial charge < -0.3 is 0 Å². The van der Waals surface area contributed by atoms with Crippen LogP contribution in [0, 0.1) is 6.92 Å². The molecule has 1 unspecified atom stereocenters. The molecule has 0 radical (unpaired) electrons. The van der Waals surface area contributed by atoms with E-state index in [1.54, 1.807) is 16.7 Å². The first-order chi connectivity index (χ1) is 10.6. The Bertz CT molecular complexity index is 760. The molecule has 2 aromatic carbocycles. The van der Waals surface area contributed by atoms with Crippen LogP contribution in [0.4, 0.5) is 0 Å². The van der Waals surface area contributed by atoms with Crippen LogP contribution in [0.2, 0.25) is 0 Å². The topological polar surface area (TPSA) is 0 Å². The van der Waals surface area contributed by atoms with Crippen molar-refractivity contribution in [2.45, 2.75) is 52.4 Å². The lowest BCUT2D eigenvalue weighted by molar-refractivity contribution is 0.685. The summed E-state index contributed by atoms with van der Waals surface area (Å²) in [5.74, 6) is 0.575. The van der Waals surface area contributed by atoms with Crippen molar-refractivity contribution in [3.8, 4) is 11.1 Å². The molecule has 2 aromatic rings. The minimum atomic E-state index is 0.575. The molecule has 0 nitrogen and oxygen atoms in total. The highest BCUT2D eigenvalue weighted by Gasteiger charge is 2.26. The van der Waals surface area contributed by atoms with Crippen molar-refractivity contribution in [2.24, 2.45) is 0 Å². The quantitative estimate of drug-likeness (QED) is 0.598. The monoisotopic (exact) mass is 288 g/mol. The molecule has 0 amide bonds. The Balaban J connectivity index is 2.01. The highest BCUT2D eigenvalue weighted by atomic mass is 14.3. The predicted octanol–water partition coefficient (Wildman–Crippen LogP) is 6.06. The number of benzene rings is 2. The summed E-state index contributed by atoms with van der Waals surface area (Å²) >= 11 is 0. The van der Waals surface area contributed by atoms with Crippen LogP contribution in [-0.2, 0) is 12.8 Å². The summed E-state index contributed by atoms with van der Waals surface area (Å²) in [6, 6.07) is 11.6. The van der Waals surface area contributed by atoms with Crippen LogP contribution in [0.15, 0.2) is 35.9 Å². The van der Waals surface area contributed by atoms with E-state index >= 15 is 0 Å². The first-order valence-corrected chi connectivity index (χ1v) is 8.59. The van der Waals surface area contributed by atoms with Gasteiger partial charge in [-0.3, -0.25) is 0 Å². The SMILES string of the molecule is CC1=Cc2c(cc3c(c2-c2ccc(C)cc2)CCCC3)C1C. The van der Waals surface area contributed by atoms with E-state index in [1.807, 2.05) is 0 Å². The zero-order valence-corrected chi connectivity index (χ0v) is 13.9. The van der Waals surface area contributed by atoms with Crippen molar-refractivity contribution in [3.63, 3.8) is 0 Å². The highest BCUT2D eigenvalue weighted by molar-refractivity contribution is 5.85. The second-order valence-corrected chi connectivity index (χ2v) is 7.08. The predicted molar refractivity (Wildman–Crippen MR) is 95.3 cm³/mol. The third-order valence-corrected chi connectivity index (χ3v) is 5.58. The van der Waals surface area contributed by atoms with Gasteiger partial charge in [0.2, 0.25) is 0 Å². The number of fused-ring (bicyclic) bond motifs is 2. The molecular weight excluding hydrogens is 264 g/mol. The van der Waals surface area contributed by atoms with Crippen LogP contribution in [0.25, 0.3) is 17.2 Å². The molecule has 0 heterocycles. The molecule has 0 saturated carbocycles. The van der Waals surface area contributed by atoms with Gasteiger partial charge in [-0.25, -0.2) is 0 Å². The molecule has 0 heteroatoms. The number of hydrogen-bond acceptors (Lipinski definition) is 0. The average molecular weight is 288 g/mol. The third-order valence-electron chi connectivity index (χ3n) is 5.58. The fraction of sp³-hybridized carbons (Fsp3) is 0.364. The van der Waals surface area contributed by atoms with E-state index < -0.39 is 0 Å². The first kappa shape index (κ1) is 13.8. The van der Waals surface area contributed by atoms with Gasteiger partial charge in [0.25, 0.3) is 0 Å². The van der Waals surface area contributed by atoms with E-state index in [0.717, 1.165) is 0 Å². The highest BCUT2D eigenvalue weighted by Crippen LogP contribution is 2.45. The van der Waals surface area contributed by atoms with Crippen molar-refractivity contribution in [1.82, 2.24) is 0 Å². The molecule has 0 fully saturated rings. The molecular formula is C22H24. The van der Waals surface area contributed by atoms with Crippen molar-refractivity contribution < 1.29 is 0 Å². The average Bonchev–Trinajstić information content (AvgIpc) is 2.81. The molecule has 0 saturated heterocycles. The smallest absolute Gasteiger partial charge is 0.00266 e. The Morgan fingerprint density at radius 1 is 0.955 bits per heavy atom. The molecule has 1 atom stereocenters. The Labute approximate surface area is 133 Å². The Morgan fingerprint density at radius 2 is 1.68 bits per heavy atom. The number of hydrogen-bond donors (Lipinski definition) is 0. The molecule has 0 aliphatic heterocycles. The van der Waals surface area contributed by atoms with Gasteiger partial charge in [-0.2, -0.15) is 0 Å². The largest absolute Gasteiger partial charge is 0.0655 e. The summed E-state index contributed by atoms with van der Waals surface area (Å²) in [5.41, 5.74) is 12.0. The fourth-order valence-electron chi connectivity index (χ4n) is 4.11. The van der Waals surface area contributed by atoms with Crippen molar-refractivity contribution >= 4 is 6.08 Å². The Morgan fingerprint density at radius 3 is 2.45 bits per heavy atom. The van der Waals surface area contributed by atoms with Gasteiger partial charge >= 0.3 is 0 Å². The fourth-order valence-corrected chi connectivity index (χ4v) is 4.11. The molecule has 0 spiro atoms. The minimum Gasteiger partial charge on any atom is -0.0655 e. The molecule has 22 heavy (non-hydrogen) atoms. The molecule has 0 bridgehead atoms. The lowest BCUT2D eigenvalue weighted by atomic mass is 9.80. The molecule has 0 aromatic heterocycles.